The Bertz CT molecular complexity index is 526. The van der Waals surface area contributed by atoms with Crippen LogP contribution in [0.4, 0.5) is 8.78 Å². The molecule has 2 rings (SSSR count). The van der Waals surface area contributed by atoms with Crippen LogP contribution in [0.5, 0.6) is 0 Å². The lowest BCUT2D eigenvalue weighted by Crippen LogP contribution is -2.49. The Balaban J connectivity index is 2.01. The highest BCUT2D eigenvalue weighted by atomic mass is 19.3. The predicted octanol–water partition coefficient (Wildman–Crippen LogP) is 1.77. The molecule has 1 saturated heterocycles. The molecule has 0 saturated carbocycles. The summed E-state index contributed by atoms with van der Waals surface area (Å²) >= 11 is 0. The van der Waals surface area contributed by atoms with Gasteiger partial charge >= 0.3 is 0 Å². The van der Waals surface area contributed by atoms with Gasteiger partial charge in [-0.15, -0.1) is 5.10 Å². The first-order valence-electron chi connectivity index (χ1n) is 7.99. The maximum atomic E-state index is 12.3. The Morgan fingerprint density at radius 1 is 1.43 bits per heavy atom. The van der Waals surface area contributed by atoms with Gasteiger partial charge in [-0.1, -0.05) is 11.6 Å². The molecular formula is C15H25F2N5O. The molecule has 1 aliphatic rings. The van der Waals surface area contributed by atoms with Crippen molar-refractivity contribution in [1.29, 1.82) is 0 Å². The molecule has 0 radical (unpaired) electrons. The summed E-state index contributed by atoms with van der Waals surface area (Å²) in [5.41, 5.74) is 0.634. The van der Waals surface area contributed by atoms with Crippen molar-refractivity contribution in [1.82, 2.24) is 25.2 Å². The van der Waals surface area contributed by atoms with Crippen molar-refractivity contribution >= 4 is 5.91 Å². The Hall–Kier alpha value is -1.57. The SMILES string of the molecule is CC(C)(C)n1cc(CN2CCCC[C@H]2C(=O)NCC(F)F)nn1. The molecule has 130 valence electrons. The van der Waals surface area contributed by atoms with E-state index >= 15 is 0 Å². The van der Waals surface area contributed by atoms with Gasteiger partial charge in [0.2, 0.25) is 5.91 Å². The van der Waals surface area contributed by atoms with Crippen LogP contribution in [-0.4, -0.2) is 51.4 Å². The Kier molecular flexibility index (Phi) is 5.67. The lowest BCUT2D eigenvalue weighted by Gasteiger charge is -2.34. The third kappa shape index (κ3) is 4.95. The number of halogens is 2. The standard InChI is InChI=1S/C15H25F2N5O/c1-15(2,3)22-10-11(19-20-22)9-21-7-5-4-6-12(21)14(23)18-8-13(16)17/h10,12-13H,4-9H2,1-3H3,(H,18,23)/t12-/m0/s1. The van der Waals surface area contributed by atoms with Crippen molar-refractivity contribution in [2.75, 3.05) is 13.1 Å². The zero-order valence-electron chi connectivity index (χ0n) is 13.9. The average Bonchev–Trinajstić information content (AvgIpc) is 2.94. The molecular weight excluding hydrogens is 304 g/mol. The zero-order valence-corrected chi connectivity index (χ0v) is 13.9. The van der Waals surface area contributed by atoms with E-state index in [9.17, 15) is 13.6 Å². The van der Waals surface area contributed by atoms with Crippen molar-refractivity contribution in [2.45, 2.75) is 64.6 Å². The van der Waals surface area contributed by atoms with Crippen LogP contribution in [0.2, 0.25) is 0 Å². The summed E-state index contributed by atoms with van der Waals surface area (Å²) in [6.45, 7) is 6.77. The quantitative estimate of drug-likeness (QED) is 0.894. The highest BCUT2D eigenvalue weighted by molar-refractivity contribution is 5.81. The van der Waals surface area contributed by atoms with Gasteiger partial charge in [-0.25, -0.2) is 13.5 Å². The second-order valence-electron chi connectivity index (χ2n) is 6.94. The van der Waals surface area contributed by atoms with E-state index in [1.165, 1.54) is 0 Å². The number of hydrogen-bond acceptors (Lipinski definition) is 4. The third-order valence-electron chi connectivity index (χ3n) is 3.94. The molecule has 23 heavy (non-hydrogen) atoms. The van der Waals surface area contributed by atoms with Crippen LogP contribution < -0.4 is 5.32 Å². The number of carbonyl (C=O) groups is 1. The third-order valence-corrected chi connectivity index (χ3v) is 3.94. The lowest BCUT2D eigenvalue weighted by molar-refractivity contribution is -0.128. The first-order valence-corrected chi connectivity index (χ1v) is 7.99. The number of rotatable bonds is 5. The maximum absolute atomic E-state index is 12.3. The number of aromatic nitrogens is 3. The molecule has 1 amide bonds. The largest absolute Gasteiger partial charge is 0.349 e. The minimum Gasteiger partial charge on any atom is -0.349 e. The number of nitrogens with zero attached hydrogens (tertiary/aromatic N) is 4. The summed E-state index contributed by atoms with van der Waals surface area (Å²) in [6.07, 6.45) is 1.96. The molecule has 0 spiro atoms. The Morgan fingerprint density at radius 2 is 2.17 bits per heavy atom. The number of likely N-dealkylation sites (tertiary alicyclic amines) is 1. The van der Waals surface area contributed by atoms with Crippen molar-refractivity contribution in [2.24, 2.45) is 0 Å². The van der Waals surface area contributed by atoms with Gasteiger partial charge in [0.1, 0.15) is 0 Å². The second kappa shape index (κ2) is 7.33. The van der Waals surface area contributed by atoms with Crippen LogP contribution in [0.3, 0.4) is 0 Å². The number of hydrogen-bond donors (Lipinski definition) is 1. The zero-order chi connectivity index (χ0) is 17.0. The van der Waals surface area contributed by atoms with Gasteiger partial charge in [-0.2, -0.15) is 0 Å². The van der Waals surface area contributed by atoms with Crippen molar-refractivity contribution in [3.8, 4) is 0 Å². The molecule has 0 bridgehead atoms. The van der Waals surface area contributed by atoms with Gasteiger partial charge in [-0.05, 0) is 40.2 Å². The van der Waals surface area contributed by atoms with Crippen molar-refractivity contribution in [3.63, 3.8) is 0 Å². The van der Waals surface area contributed by atoms with E-state index in [1.54, 1.807) is 4.68 Å². The van der Waals surface area contributed by atoms with Gasteiger partial charge < -0.3 is 5.32 Å². The van der Waals surface area contributed by atoms with E-state index < -0.39 is 13.0 Å². The summed E-state index contributed by atoms with van der Waals surface area (Å²) < 4.78 is 26.3. The average molecular weight is 329 g/mol. The van der Waals surface area contributed by atoms with E-state index in [0.29, 0.717) is 13.0 Å². The minimum atomic E-state index is -2.53. The van der Waals surface area contributed by atoms with Gasteiger partial charge in [0.25, 0.3) is 6.43 Å². The molecule has 1 atom stereocenters. The topological polar surface area (TPSA) is 63.1 Å². The highest BCUT2D eigenvalue weighted by Gasteiger charge is 2.29. The molecule has 1 aliphatic heterocycles. The first-order chi connectivity index (χ1) is 10.8. The molecule has 1 aromatic heterocycles. The van der Waals surface area contributed by atoms with Crippen LogP contribution in [0.25, 0.3) is 0 Å². The monoisotopic (exact) mass is 329 g/mol. The molecule has 2 heterocycles. The lowest BCUT2D eigenvalue weighted by atomic mass is 10.0. The fourth-order valence-electron chi connectivity index (χ4n) is 2.68. The van der Waals surface area contributed by atoms with Crippen LogP contribution in [-0.2, 0) is 16.9 Å². The van der Waals surface area contributed by atoms with Crippen molar-refractivity contribution < 1.29 is 13.6 Å². The van der Waals surface area contributed by atoms with Crippen molar-refractivity contribution in [3.05, 3.63) is 11.9 Å². The normalized spacial score (nSPS) is 20.0. The van der Waals surface area contributed by atoms with Gasteiger partial charge in [0.05, 0.1) is 30.0 Å². The smallest absolute Gasteiger partial charge is 0.255 e. The van der Waals surface area contributed by atoms with Gasteiger partial charge in [-0.3, -0.25) is 9.69 Å². The maximum Gasteiger partial charge on any atom is 0.255 e. The number of piperidine rings is 1. The molecule has 1 aromatic rings. The first kappa shape index (κ1) is 17.8. The van der Waals surface area contributed by atoms with E-state index in [1.807, 2.05) is 31.9 Å². The molecule has 0 aromatic carbocycles. The van der Waals surface area contributed by atoms with E-state index in [-0.39, 0.29) is 17.5 Å². The highest BCUT2D eigenvalue weighted by Crippen LogP contribution is 2.20. The molecule has 1 N–H and O–H groups in total. The van der Waals surface area contributed by atoms with Gasteiger partial charge in [0, 0.05) is 6.54 Å². The molecule has 0 unspecified atom stereocenters. The van der Waals surface area contributed by atoms with Crippen LogP contribution in [0.15, 0.2) is 6.20 Å². The molecule has 8 heteroatoms. The number of carbonyl (C=O) groups excluding carboxylic acids is 1. The van der Waals surface area contributed by atoms with E-state index in [0.717, 1.165) is 25.1 Å². The minimum absolute atomic E-state index is 0.152. The Labute approximate surface area is 135 Å². The number of nitrogens with one attached hydrogen (secondary N) is 1. The molecule has 0 aliphatic carbocycles. The van der Waals surface area contributed by atoms with Gasteiger partial charge in [0.15, 0.2) is 0 Å². The summed E-state index contributed by atoms with van der Waals surface area (Å²) in [6, 6.07) is -0.373. The summed E-state index contributed by atoms with van der Waals surface area (Å²) in [4.78, 5) is 14.1. The van der Waals surface area contributed by atoms with E-state index in [2.05, 4.69) is 15.6 Å². The fraction of sp³-hybridized carbons (Fsp3) is 0.800. The van der Waals surface area contributed by atoms with Crippen LogP contribution in [0.1, 0.15) is 45.7 Å². The Morgan fingerprint density at radius 3 is 2.78 bits per heavy atom. The summed E-state index contributed by atoms with van der Waals surface area (Å²) in [7, 11) is 0. The van der Waals surface area contributed by atoms with E-state index in [4.69, 9.17) is 0 Å². The van der Waals surface area contributed by atoms with Crippen LogP contribution in [0, 0.1) is 0 Å². The summed E-state index contributed by atoms with van der Waals surface area (Å²) in [5.74, 6) is -0.326. The molecule has 6 nitrogen and oxygen atoms in total. The van der Waals surface area contributed by atoms with Crippen LogP contribution >= 0.6 is 0 Å². The fourth-order valence-corrected chi connectivity index (χ4v) is 2.68. The predicted molar refractivity (Wildman–Crippen MR) is 82.1 cm³/mol. The second-order valence-corrected chi connectivity index (χ2v) is 6.94. The number of alkyl halides is 2. The number of amides is 1. The molecule has 1 fully saturated rings. The summed E-state index contributed by atoms with van der Waals surface area (Å²) in [5, 5.41) is 10.6.